The summed E-state index contributed by atoms with van der Waals surface area (Å²) in [5.74, 6) is 0.391. The average Bonchev–Trinajstić information content (AvgIpc) is 3.40. The minimum Gasteiger partial charge on any atom is -0.492 e. The number of halogens is 3. The van der Waals surface area contributed by atoms with Crippen molar-refractivity contribution >= 4 is 0 Å². The predicted molar refractivity (Wildman–Crippen MR) is 82.1 cm³/mol. The van der Waals surface area contributed by atoms with Gasteiger partial charge in [-0.15, -0.1) is 0 Å². The van der Waals surface area contributed by atoms with Crippen molar-refractivity contribution in [3.05, 3.63) is 57.5 Å². The van der Waals surface area contributed by atoms with Crippen molar-refractivity contribution in [1.82, 2.24) is 9.78 Å². The van der Waals surface area contributed by atoms with Gasteiger partial charge in [0.25, 0.3) is 5.56 Å². The molecule has 0 spiro atoms. The van der Waals surface area contributed by atoms with Crippen LogP contribution in [0.15, 0.2) is 35.1 Å². The SMILES string of the molecule is N#Cc1cccc(OCCn2nc(C3CC3)cc(C(F)(F)F)c2=O)c1. The van der Waals surface area contributed by atoms with E-state index in [9.17, 15) is 18.0 Å². The number of benzene rings is 1. The molecule has 0 atom stereocenters. The molecule has 25 heavy (non-hydrogen) atoms. The van der Waals surface area contributed by atoms with Crippen LogP contribution in [0.5, 0.6) is 5.75 Å². The summed E-state index contributed by atoms with van der Waals surface area (Å²) in [6.45, 7) is -0.146. The van der Waals surface area contributed by atoms with E-state index in [-0.39, 0.29) is 19.1 Å². The van der Waals surface area contributed by atoms with Crippen molar-refractivity contribution in [3.8, 4) is 11.8 Å². The number of alkyl halides is 3. The number of hydrogen-bond donors (Lipinski definition) is 0. The van der Waals surface area contributed by atoms with Gasteiger partial charge in [-0.2, -0.15) is 23.5 Å². The fourth-order valence-corrected chi connectivity index (χ4v) is 2.40. The lowest BCUT2D eigenvalue weighted by Gasteiger charge is -2.13. The topological polar surface area (TPSA) is 67.9 Å². The molecule has 0 radical (unpaired) electrons. The molecule has 130 valence electrons. The molecule has 8 heteroatoms. The first kappa shape index (κ1) is 17.0. The maximum atomic E-state index is 13.1. The molecule has 1 aliphatic rings. The van der Waals surface area contributed by atoms with E-state index in [2.05, 4.69) is 5.10 Å². The Labute approximate surface area is 141 Å². The van der Waals surface area contributed by atoms with Gasteiger partial charge in [0.15, 0.2) is 0 Å². The van der Waals surface area contributed by atoms with E-state index in [1.54, 1.807) is 18.2 Å². The molecular weight excluding hydrogens is 335 g/mol. The second-order valence-corrected chi connectivity index (χ2v) is 5.77. The van der Waals surface area contributed by atoms with E-state index >= 15 is 0 Å². The number of rotatable bonds is 5. The molecule has 0 amide bonds. The van der Waals surface area contributed by atoms with Gasteiger partial charge in [0.1, 0.15) is 17.9 Å². The fourth-order valence-electron chi connectivity index (χ4n) is 2.40. The lowest BCUT2D eigenvalue weighted by atomic mass is 10.2. The lowest BCUT2D eigenvalue weighted by molar-refractivity contribution is -0.139. The summed E-state index contributed by atoms with van der Waals surface area (Å²) in [6, 6.07) is 9.19. The fraction of sp³-hybridized carbons (Fsp3) is 0.353. The van der Waals surface area contributed by atoms with Gasteiger partial charge < -0.3 is 4.74 Å². The molecule has 3 rings (SSSR count). The van der Waals surface area contributed by atoms with Crippen molar-refractivity contribution in [1.29, 1.82) is 5.26 Å². The van der Waals surface area contributed by atoms with Gasteiger partial charge in [0, 0.05) is 5.92 Å². The van der Waals surface area contributed by atoms with Crippen molar-refractivity contribution in [2.45, 2.75) is 31.5 Å². The van der Waals surface area contributed by atoms with Crippen molar-refractivity contribution in [2.75, 3.05) is 6.61 Å². The zero-order chi connectivity index (χ0) is 18.0. The normalized spacial score (nSPS) is 14.2. The zero-order valence-corrected chi connectivity index (χ0v) is 13.1. The molecule has 2 aromatic rings. The first-order chi connectivity index (χ1) is 11.9. The second kappa shape index (κ2) is 6.59. The second-order valence-electron chi connectivity index (χ2n) is 5.77. The molecule has 1 heterocycles. The Morgan fingerprint density at radius 3 is 2.72 bits per heavy atom. The van der Waals surface area contributed by atoms with Crippen molar-refractivity contribution < 1.29 is 17.9 Å². The van der Waals surface area contributed by atoms with Crippen LogP contribution in [-0.4, -0.2) is 16.4 Å². The molecule has 0 bridgehead atoms. The molecule has 0 N–H and O–H groups in total. The van der Waals surface area contributed by atoms with Crippen LogP contribution in [0.1, 0.15) is 35.6 Å². The highest BCUT2D eigenvalue weighted by Gasteiger charge is 2.37. The third-order valence-corrected chi connectivity index (χ3v) is 3.83. The molecule has 1 aromatic carbocycles. The highest BCUT2D eigenvalue weighted by atomic mass is 19.4. The third kappa shape index (κ3) is 3.99. The quantitative estimate of drug-likeness (QED) is 0.832. The number of aromatic nitrogens is 2. The van der Waals surface area contributed by atoms with E-state index in [1.165, 1.54) is 6.07 Å². The van der Waals surface area contributed by atoms with Crippen molar-refractivity contribution in [2.24, 2.45) is 0 Å². The zero-order valence-electron chi connectivity index (χ0n) is 13.1. The van der Waals surface area contributed by atoms with Crippen molar-refractivity contribution in [3.63, 3.8) is 0 Å². The highest BCUT2D eigenvalue weighted by molar-refractivity contribution is 5.36. The van der Waals surface area contributed by atoms with E-state index < -0.39 is 17.3 Å². The van der Waals surface area contributed by atoms with Gasteiger partial charge in [-0.3, -0.25) is 4.79 Å². The Morgan fingerprint density at radius 2 is 2.08 bits per heavy atom. The van der Waals surface area contributed by atoms with Gasteiger partial charge in [-0.05, 0) is 37.1 Å². The number of ether oxygens (including phenoxy) is 1. The summed E-state index contributed by atoms with van der Waals surface area (Å²) >= 11 is 0. The molecular formula is C17H14F3N3O2. The summed E-state index contributed by atoms with van der Waals surface area (Å²) in [5.41, 5.74) is -1.68. The highest BCUT2D eigenvalue weighted by Crippen LogP contribution is 2.40. The maximum Gasteiger partial charge on any atom is 0.421 e. The van der Waals surface area contributed by atoms with Crippen LogP contribution < -0.4 is 10.3 Å². The van der Waals surface area contributed by atoms with Crippen LogP contribution in [-0.2, 0) is 12.7 Å². The Bertz CT molecular complexity index is 880. The van der Waals surface area contributed by atoms with E-state index in [0.29, 0.717) is 17.0 Å². The number of nitriles is 1. The Kier molecular flexibility index (Phi) is 4.49. The predicted octanol–water partition coefficient (Wildman–Crippen LogP) is 3.09. The first-order valence-electron chi connectivity index (χ1n) is 7.70. The Morgan fingerprint density at radius 1 is 1.32 bits per heavy atom. The summed E-state index contributed by atoms with van der Waals surface area (Å²) in [6.07, 6.45) is -3.16. The minimum atomic E-state index is -4.71. The summed E-state index contributed by atoms with van der Waals surface area (Å²) in [4.78, 5) is 12.0. The standard InChI is InChI=1S/C17H14F3N3O2/c18-17(19,20)14-9-15(12-4-5-12)22-23(16(14)24)6-7-25-13-3-1-2-11(8-13)10-21/h1-3,8-9,12H,4-7H2. The third-order valence-electron chi connectivity index (χ3n) is 3.83. The van der Waals surface area contributed by atoms with E-state index in [4.69, 9.17) is 10.00 Å². The van der Waals surface area contributed by atoms with Crippen LogP contribution in [0.4, 0.5) is 13.2 Å². The van der Waals surface area contributed by atoms with E-state index in [0.717, 1.165) is 23.6 Å². The maximum absolute atomic E-state index is 13.1. The first-order valence-corrected chi connectivity index (χ1v) is 7.70. The summed E-state index contributed by atoms with van der Waals surface area (Å²) in [5, 5.41) is 12.9. The largest absolute Gasteiger partial charge is 0.492 e. The van der Waals surface area contributed by atoms with Crippen LogP contribution >= 0.6 is 0 Å². The van der Waals surface area contributed by atoms with Crippen LogP contribution in [0.3, 0.4) is 0 Å². The van der Waals surface area contributed by atoms with Gasteiger partial charge in [0.2, 0.25) is 0 Å². The van der Waals surface area contributed by atoms with Gasteiger partial charge in [-0.1, -0.05) is 6.07 Å². The molecule has 0 saturated heterocycles. The minimum absolute atomic E-state index is 0.0128. The molecule has 0 unspecified atom stereocenters. The molecule has 1 aliphatic carbocycles. The Balaban J connectivity index is 1.78. The molecule has 5 nitrogen and oxygen atoms in total. The monoisotopic (exact) mass is 349 g/mol. The smallest absolute Gasteiger partial charge is 0.421 e. The average molecular weight is 349 g/mol. The summed E-state index contributed by atoms with van der Waals surface area (Å²) in [7, 11) is 0. The number of nitrogens with zero attached hydrogens (tertiary/aromatic N) is 3. The lowest BCUT2D eigenvalue weighted by Crippen LogP contribution is -2.33. The summed E-state index contributed by atoms with van der Waals surface area (Å²) < 4.78 is 45.4. The van der Waals surface area contributed by atoms with Crippen LogP contribution in [0.2, 0.25) is 0 Å². The van der Waals surface area contributed by atoms with Gasteiger partial charge in [-0.25, -0.2) is 4.68 Å². The molecule has 1 saturated carbocycles. The van der Waals surface area contributed by atoms with Crippen LogP contribution in [0.25, 0.3) is 0 Å². The number of hydrogen-bond acceptors (Lipinski definition) is 4. The van der Waals surface area contributed by atoms with Gasteiger partial charge >= 0.3 is 6.18 Å². The Hall–Kier alpha value is -2.82. The molecule has 1 aromatic heterocycles. The van der Waals surface area contributed by atoms with E-state index in [1.807, 2.05) is 6.07 Å². The van der Waals surface area contributed by atoms with Gasteiger partial charge in [0.05, 0.1) is 23.9 Å². The molecule has 0 aliphatic heterocycles. The molecule has 1 fully saturated rings. The van der Waals surface area contributed by atoms with Crippen LogP contribution in [0, 0.1) is 11.3 Å².